The molecule has 9 heteroatoms. The molecule has 3 heterocycles. The average Bonchev–Trinajstić information content (AvgIpc) is 3.17. The van der Waals surface area contributed by atoms with E-state index in [1.165, 1.54) is 23.5 Å². The van der Waals surface area contributed by atoms with Gasteiger partial charge in [-0.2, -0.15) is 5.06 Å². The van der Waals surface area contributed by atoms with Crippen LogP contribution in [0.15, 0.2) is 57.9 Å². The zero-order valence-electron chi connectivity index (χ0n) is 15.5. The van der Waals surface area contributed by atoms with E-state index in [0.717, 1.165) is 4.90 Å². The summed E-state index contributed by atoms with van der Waals surface area (Å²) in [5.41, 5.74) is 0.629. The van der Waals surface area contributed by atoms with Crippen LogP contribution in [-0.4, -0.2) is 30.0 Å². The Kier molecular flexibility index (Phi) is 4.44. The van der Waals surface area contributed by atoms with Crippen molar-refractivity contribution in [3.8, 4) is 0 Å². The van der Waals surface area contributed by atoms with Crippen molar-refractivity contribution >= 4 is 51.7 Å². The molecule has 2 aromatic carbocycles. The zero-order chi connectivity index (χ0) is 21.2. The summed E-state index contributed by atoms with van der Waals surface area (Å²) in [7, 11) is 1.58. The number of benzene rings is 2. The maximum atomic E-state index is 13.3. The van der Waals surface area contributed by atoms with Crippen LogP contribution in [0.2, 0.25) is 10.0 Å². The Morgan fingerprint density at radius 2 is 1.77 bits per heavy atom. The lowest BCUT2D eigenvalue weighted by molar-refractivity contribution is -0.160. The second-order valence-electron chi connectivity index (χ2n) is 7.17. The number of hydrogen-bond donors (Lipinski definition) is 0. The van der Waals surface area contributed by atoms with E-state index >= 15 is 0 Å². The summed E-state index contributed by atoms with van der Waals surface area (Å²) >= 11 is 12.2. The Hall–Kier alpha value is -2.71. The monoisotopic (exact) mass is 444 g/mol. The number of para-hydroxylation sites is 1. The van der Waals surface area contributed by atoms with Crippen LogP contribution < -0.4 is 10.3 Å². The molecule has 2 aliphatic rings. The van der Waals surface area contributed by atoms with Crippen molar-refractivity contribution in [2.24, 2.45) is 5.92 Å². The number of imide groups is 1. The largest absolute Gasteiger partial charge is 0.464 e. The number of halogens is 2. The first-order valence-electron chi connectivity index (χ1n) is 9.11. The van der Waals surface area contributed by atoms with Crippen molar-refractivity contribution in [1.29, 1.82) is 0 Å². The minimum Gasteiger partial charge on any atom is -0.464 e. The number of amides is 2. The number of nitrogens with zero attached hydrogens (tertiary/aromatic N) is 2. The fourth-order valence-electron chi connectivity index (χ4n) is 4.14. The lowest BCUT2D eigenvalue weighted by atomic mass is 9.91. The van der Waals surface area contributed by atoms with Crippen LogP contribution in [0.4, 0.5) is 5.69 Å². The fourth-order valence-corrected chi connectivity index (χ4v) is 4.63. The number of hydrogen-bond acceptors (Lipinski definition) is 6. The third kappa shape index (κ3) is 2.70. The molecule has 3 atom stereocenters. The van der Waals surface area contributed by atoms with E-state index < -0.39 is 29.9 Å². The van der Waals surface area contributed by atoms with E-state index in [9.17, 15) is 14.4 Å². The molecule has 0 unspecified atom stereocenters. The van der Waals surface area contributed by atoms with Gasteiger partial charge in [-0.05, 0) is 30.3 Å². The maximum absolute atomic E-state index is 13.3. The van der Waals surface area contributed by atoms with Crippen LogP contribution >= 0.6 is 23.2 Å². The van der Waals surface area contributed by atoms with Crippen molar-refractivity contribution in [2.45, 2.75) is 12.1 Å². The molecule has 2 saturated heterocycles. The van der Waals surface area contributed by atoms with Gasteiger partial charge in [0.2, 0.25) is 5.91 Å². The number of rotatable bonds is 2. The van der Waals surface area contributed by atoms with E-state index in [1.807, 2.05) is 0 Å². The van der Waals surface area contributed by atoms with E-state index in [-0.39, 0.29) is 21.7 Å². The molecule has 5 rings (SSSR count). The van der Waals surface area contributed by atoms with Gasteiger partial charge in [-0.1, -0.05) is 35.3 Å². The Morgan fingerprint density at radius 1 is 1.00 bits per heavy atom. The van der Waals surface area contributed by atoms with Gasteiger partial charge in [0.15, 0.2) is 11.5 Å². The number of anilines is 1. The second kappa shape index (κ2) is 6.92. The van der Waals surface area contributed by atoms with Crippen LogP contribution in [0.5, 0.6) is 0 Å². The predicted molar refractivity (Wildman–Crippen MR) is 110 cm³/mol. The van der Waals surface area contributed by atoms with Crippen molar-refractivity contribution in [1.82, 2.24) is 5.06 Å². The fraction of sp³-hybridized carbons (Fsp3) is 0.190. The van der Waals surface area contributed by atoms with Crippen molar-refractivity contribution in [3.05, 3.63) is 74.6 Å². The number of hydroxylamine groups is 2. The number of carbonyl (C=O) groups is 2. The molecule has 2 aliphatic heterocycles. The van der Waals surface area contributed by atoms with Gasteiger partial charge in [-0.25, -0.2) is 4.90 Å². The quantitative estimate of drug-likeness (QED) is 0.562. The summed E-state index contributed by atoms with van der Waals surface area (Å²) in [5.74, 6) is -1.97. The predicted octanol–water partition coefficient (Wildman–Crippen LogP) is 3.58. The molecule has 152 valence electrons. The van der Waals surface area contributed by atoms with Gasteiger partial charge in [0.1, 0.15) is 5.58 Å². The normalized spacial score (nSPS) is 24.1. The highest BCUT2D eigenvalue weighted by molar-refractivity contribution is 6.38. The van der Waals surface area contributed by atoms with Crippen LogP contribution in [-0.2, 0) is 14.4 Å². The Labute approximate surface area is 180 Å². The molecule has 2 fully saturated rings. The van der Waals surface area contributed by atoms with Crippen LogP contribution in [0.25, 0.3) is 11.0 Å². The molecule has 0 aliphatic carbocycles. The summed E-state index contributed by atoms with van der Waals surface area (Å²) in [6.07, 6.45) is 0.262. The third-order valence-corrected chi connectivity index (χ3v) is 6.02. The standard InChI is InChI=1S/C21H14Cl2N2O5/c1-24-17(12-9-29-15-5-3-2-4-11(15)18(12)26)16-19(30-24)21(28)25(20(16)27)14-7-6-10(22)8-13(14)23/h2-9,16-17,19H,1H3/t16-,17+,19+/m1/s1. The highest BCUT2D eigenvalue weighted by atomic mass is 35.5. The van der Waals surface area contributed by atoms with Crippen molar-refractivity contribution in [3.63, 3.8) is 0 Å². The minimum absolute atomic E-state index is 0.166. The number of fused-ring (bicyclic) bond motifs is 2. The minimum atomic E-state index is -1.06. The maximum Gasteiger partial charge on any atom is 0.266 e. The summed E-state index contributed by atoms with van der Waals surface area (Å²) in [4.78, 5) is 46.1. The van der Waals surface area contributed by atoms with Gasteiger partial charge in [0.25, 0.3) is 5.91 Å². The molecule has 2 amide bonds. The van der Waals surface area contributed by atoms with Crippen LogP contribution in [0, 0.1) is 5.92 Å². The first-order chi connectivity index (χ1) is 14.4. The summed E-state index contributed by atoms with van der Waals surface area (Å²) in [5, 5.41) is 2.30. The Balaban J connectivity index is 1.60. The summed E-state index contributed by atoms with van der Waals surface area (Å²) in [6, 6.07) is 10.5. The highest BCUT2D eigenvalue weighted by Gasteiger charge is 2.60. The molecule has 0 bridgehead atoms. The topological polar surface area (TPSA) is 80.1 Å². The summed E-state index contributed by atoms with van der Waals surface area (Å²) < 4.78 is 5.61. The van der Waals surface area contributed by atoms with Gasteiger partial charge >= 0.3 is 0 Å². The lowest BCUT2D eigenvalue weighted by Gasteiger charge is -2.24. The smallest absolute Gasteiger partial charge is 0.266 e. The molecule has 1 aromatic heterocycles. The lowest BCUT2D eigenvalue weighted by Crippen LogP contribution is -2.37. The molecular weight excluding hydrogens is 431 g/mol. The Bertz CT molecular complexity index is 1270. The van der Waals surface area contributed by atoms with E-state index in [0.29, 0.717) is 16.0 Å². The van der Waals surface area contributed by atoms with Crippen molar-refractivity contribution in [2.75, 3.05) is 11.9 Å². The van der Waals surface area contributed by atoms with Crippen LogP contribution in [0.3, 0.4) is 0 Å². The third-order valence-electron chi connectivity index (χ3n) is 5.48. The molecule has 30 heavy (non-hydrogen) atoms. The second-order valence-corrected chi connectivity index (χ2v) is 8.01. The van der Waals surface area contributed by atoms with Crippen molar-refractivity contribution < 1.29 is 18.8 Å². The van der Waals surface area contributed by atoms with Gasteiger partial charge < -0.3 is 4.42 Å². The SMILES string of the molecule is CN1O[C@@H]2C(=O)N(c3ccc(Cl)cc3Cl)C(=O)[C@@H]2[C@@H]1c1coc2ccccc2c1=O. The molecule has 0 radical (unpaired) electrons. The van der Waals surface area contributed by atoms with E-state index in [2.05, 4.69) is 0 Å². The van der Waals surface area contributed by atoms with E-state index in [4.69, 9.17) is 32.5 Å². The van der Waals surface area contributed by atoms with Gasteiger partial charge in [-0.15, -0.1) is 0 Å². The Morgan fingerprint density at radius 3 is 2.53 bits per heavy atom. The first kappa shape index (κ1) is 19.3. The van der Waals surface area contributed by atoms with Gasteiger partial charge in [0, 0.05) is 12.1 Å². The first-order valence-corrected chi connectivity index (χ1v) is 9.87. The van der Waals surface area contributed by atoms with Crippen LogP contribution in [0.1, 0.15) is 11.6 Å². The molecule has 0 saturated carbocycles. The van der Waals surface area contributed by atoms with E-state index in [1.54, 1.807) is 37.4 Å². The van der Waals surface area contributed by atoms with Gasteiger partial charge in [0.05, 0.1) is 39.9 Å². The van der Waals surface area contributed by atoms with Gasteiger partial charge in [-0.3, -0.25) is 19.2 Å². The molecule has 7 nitrogen and oxygen atoms in total. The average molecular weight is 445 g/mol. The molecule has 0 N–H and O–H groups in total. The highest BCUT2D eigenvalue weighted by Crippen LogP contribution is 2.45. The zero-order valence-corrected chi connectivity index (χ0v) is 17.1. The number of carbonyl (C=O) groups excluding carboxylic acids is 2. The summed E-state index contributed by atoms with van der Waals surface area (Å²) in [6.45, 7) is 0. The molecule has 0 spiro atoms. The molecule has 3 aromatic rings. The molecular formula is C21H14Cl2N2O5.